The Morgan fingerprint density at radius 3 is 1.11 bits per heavy atom. The second kappa shape index (κ2) is 28.1. The highest BCUT2D eigenvalue weighted by atomic mass is 16.6. The van der Waals surface area contributed by atoms with Crippen LogP contribution in [0.15, 0.2) is 0 Å². The molecule has 0 saturated heterocycles. The lowest BCUT2D eigenvalue weighted by molar-refractivity contribution is -0.173. The van der Waals surface area contributed by atoms with E-state index in [1.807, 2.05) is 13.8 Å². The van der Waals surface area contributed by atoms with Gasteiger partial charge in [0.25, 0.3) is 0 Å². The monoisotopic (exact) mass is 640 g/mol. The van der Waals surface area contributed by atoms with Gasteiger partial charge >= 0.3 is 23.9 Å². The molecule has 45 heavy (non-hydrogen) atoms. The van der Waals surface area contributed by atoms with Gasteiger partial charge in [-0.15, -0.1) is 0 Å². The summed E-state index contributed by atoms with van der Waals surface area (Å²) in [6.45, 7) is 11.7. The molecule has 0 rings (SSSR count). The molecule has 0 bridgehead atoms. The van der Waals surface area contributed by atoms with Gasteiger partial charge in [0.1, 0.15) is 31.8 Å². The lowest BCUT2D eigenvalue weighted by Gasteiger charge is -2.32. The zero-order valence-corrected chi connectivity index (χ0v) is 29.9. The van der Waals surface area contributed by atoms with Crippen molar-refractivity contribution >= 4 is 23.9 Å². The van der Waals surface area contributed by atoms with Crippen molar-refractivity contribution in [3.63, 3.8) is 0 Å². The molecule has 2 atom stereocenters. The second-order valence-electron chi connectivity index (χ2n) is 12.9. The summed E-state index contributed by atoms with van der Waals surface area (Å²) in [5.41, 5.74) is -1.20. The number of unbranched alkanes of at least 4 members (excludes halogenated alkanes) is 10. The highest BCUT2D eigenvalue weighted by Gasteiger charge is 2.39. The van der Waals surface area contributed by atoms with Gasteiger partial charge in [-0.2, -0.15) is 0 Å². The lowest BCUT2D eigenvalue weighted by Crippen LogP contribution is -2.44. The average molecular weight is 641 g/mol. The van der Waals surface area contributed by atoms with Crippen molar-refractivity contribution in [1.29, 1.82) is 0 Å². The first-order valence-corrected chi connectivity index (χ1v) is 18.4. The van der Waals surface area contributed by atoms with Gasteiger partial charge in [0.2, 0.25) is 0 Å². The Hall–Kier alpha value is -2.12. The maximum absolute atomic E-state index is 13.1. The van der Waals surface area contributed by atoms with Crippen molar-refractivity contribution in [3.8, 4) is 0 Å². The van der Waals surface area contributed by atoms with Gasteiger partial charge in [0.15, 0.2) is 0 Å². The van der Waals surface area contributed by atoms with Crippen LogP contribution in [0, 0.1) is 17.3 Å². The third-order valence-corrected chi connectivity index (χ3v) is 8.55. The highest BCUT2D eigenvalue weighted by Crippen LogP contribution is 2.26. The highest BCUT2D eigenvalue weighted by molar-refractivity contribution is 5.73. The number of carbonyl (C=O) groups is 4. The molecule has 0 spiro atoms. The molecule has 0 aromatic rings. The molecule has 0 aromatic heterocycles. The maximum Gasteiger partial charge on any atom is 0.308 e. The summed E-state index contributed by atoms with van der Waals surface area (Å²) in [6.07, 6.45) is 17.1. The fourth-order valence-corrected chi connectivity index (χ4v) is 5.17. The molecular formula is C37H68O8. The molecule has 0 heterocycles. The Bertz CT molecular complexity index is 716. The molecule has 0 fully saturated rings. The van der Waals surface area contributed by atoms with Gasteiger partial charge in [0.05, 0.1) is 11.8 Å². The lowest BCUT2D eigenvalue weighted by atomic mass is 9.91. The standard InChI is InChI=1S/C37H68O8/c1-7-13-17-19-21-25-33(38)42-27-37(28-43-34(39)26-22-20-18-14-8-2,29-44-35(40)31(11-5)23-15-9-3)30-45-36(41)32(12-6)24-16-10-4/h31-32H,7-30H2,1-6H3. The molecule has 0 N–H and O–H groups in total. The zero-order valence-electron chi connectivity index (χ0n) is 29.9. The molecule has 0 saturated carbocycles. The number of hydrogen-bond donors (Lipinski definition) is 0. The second-order valence-corrected chi connectivity index (χ2v) is 12.9. The van der Waals surface area contributed by atoms with Gasteiger partial charge < -0.3 is 18.9 Å². The molecular weight excluding hydrogens is 572 g/mol. The van der Waals surface area contributed by atoms with E-state index in [1.54, 1.807) is 0 Å². The normalized spacial score (nSPS) is 12.8. The minimum atomic E-state index is -1.20. The van der Waals surface area contributed by atoms with Crippen LogP contribution in [0.5, 0.6) is 0 Å². The number of carbonyl (C=O) groups excluding carboxylic acids is 4. The predicted octanol–water partition coefficient (Wildman–Crippen LogP) is 9.30. The van der Waals surface area contributed by atoms with Crippen molar-refractivity contribution in [2.45, 2.75) is 170 Å². The molecule has 0 aliphatic carbocycles. The van der Waals surface area contributed by atoms with Crippen LogP contribution in [-0.2, 0) is 38.1 Å². The fraction of sp³-hybridized carbons (Fsp3) is 0.892. The van der Waals surface area contributed by atoms with E-state index >= 15 is 0 Å². The zero-order chi connectivity index (χ0) is 33.8. The number of ether oxygens (including phenoxy) is 4. The van der Waals surface area contributed by atoms with Crippen LogP contribution in [-0.4, -0.2) is 50.3 Å². The quantitative estimate of drug-likeness (QED) is 0.0434. The van der Waals surface area contributed by atoms with Crippen LogP contribution in [0.3, 0.4) is 0 Å². The summed E-state index contributed by atoms with van der Waals surface area (Å²) in [4.78, 5) is 51.8. The van der Waals surface area contributed by atoms with Crippen LogP contribution in [0.2, 0.25) is 0 Å². The first-order valence-electron chi connectivity index (χ1n) is 18.4. The number of rotatable bonds is 30. The van der Waals surface area contributed by atoms with E-state index in [9.17, 15) is 19.2 Å². The Balaban J connectivity index is 5.87. The van der Waals surface area contributed by atoms with E-state index in [0.717, 1.165) is 103 Å². The largest absolute Gasteiger partial charge is 0.465 e. The van der Waals surface area contributed by atoms with Gasteiger partial charge in [-0.05, 0) is 38.5 Å². The van der Waals surface area contributed by atoms with E-state index < -0.39 is 5.41 Å². The van der Waals surface area contributed by atoms with E-state index in [0.29, 0.717) is 12.8 Å². The Morgan fingerprint density at radius 1 is 0.444 bits per heavy atom. The predicted molar refractivity (Wildman–Crippen MR) is 180 cm³/mol. The van der Waals surface area contributed by atoms with Crippen LogP contribution in [0.25, 0.3) is 0 Å². The smallest absolute Gasteiger partial charge is 0.308 e. The molecule has 264 valence electrons. The Kier molecular flexibility index (Phi) is 26.8. The van der Waals surface area contributed by atoms with Gasteiger partial charge in [0, 0.05) is 12.8 Å². The number of esters is 4. The first-order chi connectivity index (χ1) is 21.7. The minimum absolute atomic E-state index is 0.178. The number of hydrogen-bond acceptors (Lipinski definition) is 8. The third-order valence-electron chi connectivity index (χ3n) is 8.55. The van der Waals surface area contributed by atoms with E-state index in [4.69, 9.17) is 18.9 Å². The summed E-state index contributed by atoms with van der Waals surface area (Å²) in [7, 11) is 0. The molecule has 0 aliphatic heterocycles. The van der Waals surface area contributed by atoms with E-state index in [-0.39, 0.29) is 75.0 Å². The Labute approximate surface area is 275 Å². The summed E-state index contributed by atoms with van der Waals surface area (Å²) in [6, 6.07) is 0. The molecule has 2 unspecified atom stereocenters. The van der Waals surface area contributed by atoms with Crippen LogP contribution >= 0.6 is 0 Å². The Morgan fingerprint density at radius 2 is 0.778 bits per heavy atom. The summed E-state index contributed by atoms with van der Waals surface area (Å²) < 4.78 is 23.1. The van der Waals surface area contributed by atoms with Crippen molar-refractivity contribution in [3.05, 3.63) is 0 Å². The van der Waals surface area contributed by atoms with Gasteiger partial charge in [-0.1, -0.05) is 119 Å². The summed E-state index contributed by atoms with van der Waals surface area (Å²) in [5.74, 6) is -1.89. The average Bonchev–Trinajstić information content (AvgIpc) is 3.04. The van der Waals surface area contributed by atoms with E-state index in [2.05, 4.69) is 27.7 Å². The first kappa shape index (κ1) is 42.9. The van der Waals surface area contributed by atoms with Crippen molar-refractivity contribution in [1.82, 2.24) is 0 Å². The summed E-state index contributed by atoms with van der Waals surface area (Å²) in [5, 5.41) is 0. The molecule has 0 aliphatic rings. The van der Waals surface area contributed by atoms with E-state index in [1.165, 1.54) is 0 Å². The molecule has 0 aromatic carbocycles. The maximum atomic E-state index is 13.1. The van der Waals surface area contributed by atoms with Crippen molar-refractivity contribution < 1.29 is 38.1 Å². The van der Waals surface area contributed by atoms with Crippen LogP contribution in [0.1, 0.15) is 170 Å². The summed E-state index contributed by atoms with van der Waals surface area (Å²) >= 11 is 0. The van der Waals surface area contributed by atoms with Crippen LogP contribution < -0.4 is 0 Å². The van der Waals surface area contributed by atoms with Crippen LogP contribution in [0.4, 0.5) is 0 Å². The van der Waals surface area contributed by atoms with Crippen molar-refractivity contribution in [2.75, 3.05) is 26.4 Å². The van der Waals surface area contributed by atoms with Gasteiger partial charge in [-0.3, -0.25) is 19.2 Å². The third kappa shape index (κ3) is 21.3. The molecule has 8 heteroatoms. The SMILES string of the molecule is CCCCCCCC(=O)OCC(COC(=O)CCCCCCC)(COC(=O)C(CC)CCCC)COC(=O)C(CC)CCCC. The molecule has 8 nitrogen and oxygen atoms in total. The molecule has 0 amide bonds. The minimum Gasteiger partial charge on any atom is -0.465 e. The topological polar surface area (TPSA) is 105 Å². The fourth-order valence-electron chi connectivity index (χ4n) is 5.17. The van der Waals surface area contributed by atoms with Crippen molar-refractivity contribution in [2.24, 2.45) is 17.3 Å². The van der Waals surface area contributed by atoms with Gasteiger partial charge in [-0.25, -0.2) is 0 Å². The molecule has 0 radical (unpaired) electrons.